The zero-order valence-corrected chi connectivity index (χ0v) is 21.1. The number of hydrogen-bond donors (Lipinski definition) is 2. The fourth-order valence-corrected chi connectivity index (χ4v) is 5.20. The number of urea groups is 1. The van der Waals surface area contributed by atoms with Crippen LogP contribution in [0.3, 0.4) is 0 Å². The zero-order valence-electron chi connectivity index (χ0n) is 20.4. The van der Waals surface area contributed by atoms with Gasteiger partial charge in [0.2, 0.25) is 11.8 Å². The molecule has 1 aliphatic carbocycles. The number of piperidine rings is 1. The van der Waals surface area contributed by atoms with Crippen molar-refractivity contribution in [1.29, 1.82) is 0 Å². The molecule has 2 heterocycles. The van der Waals surface area contributed by atoms with E-state index in [9.17, 15) is 32.7 Å². The Labute approximate surface area is 217 Å². The number of hydrogen-bond acceptors (Lipinski definition) is 5. The van der Waals surface area contributed by atoms with Crippen molar-refractivity contribution in [3.8, 4) is 5.75 Å². The van der Waals surface area contributed by atoms with E-state index in [-0.39, 0.29) is 47.4 Å². The predicted octanol–water partition coefficient (Wildman–Crippen LogP) is 3.46. The van der Waals surface area contributed by atoms with Gasteiger partial charge in [-0.3, -0.25) is 9.59 Å². The van der Waals surface area contributed by atoms with Gasteiger partial charge in [0, 0.05) is 44.8 Å². The number of nitrogens with zero attached hydrogens (tertiary/aromatic N) is 3. The van der Waals surface area contributed by atoms with Crippen molar-refractivity contribution in [1.82, 2.24) is 14.7 Å². The first-order valence-corrected chi connectivity index (χ1v) is 12.6. The minimum absolute atomic E-state index is 0.0293. The first-order valence-electron chi connectivity index (χ1n) is 12.3. The molecule has 0 bridgehead atoms. The van der Waals surface area contributed by atoms with Gasteiger partial charge in [0.15, 0.2) is 0 Å². The van der Waals surface area contributed by atoms with E-state index in [2.05, 4.69) is 10.1 Å². The summed E-state index contributed by atoms with van der Waals surface area (Å²) in [5, 5.41) is 12.5. The van der Waals surface area contributed by atoms with E-state index in [0.29, 0.717) is 26.1 Å². The van der Waals surface area contributed by atoms with Crippen molar-refractivity contribution < 1.29 is 37.4 Å². The summed E-state index contributed by atoms with van der Waals surface area (Å²) in [6, 6.07) is 1.99. The lowest BCUT2D eigenvalue weighted by molar-refractivity contribution is -0.274. The van der Waals surface area contributed by atoms with Crippen molar-refractivity contribution >= 4 is 35.1 Å². The molecule has 0 aromatic heterocycles. The number of benzene rings is 1. The lowest BCUT2D eigenvalue weighted by Crippen LogP contribution is -2.58. The van der Waals surface area contributed by atoms with Crippen LogP contribution in [0.4, 0.5) is 23.7 Å². The first kappa shape index (κ1) is 27.3. The minimum Gasteiger partial charge on any atom is -0.404 e. The Morgan fingerprint density at radius 1 is 1.22 bits per heavy atom. The van der Waals surface area contributed by atoms with Crippen LogP contribution in [0.15, 0.2) is 18.2 Å². The Morgan fingerprint density at radius 3 is 2.57 bits per heavy atom. The van der Waals surface area contributed by atoms with E-state index >= 15 is 0 Å². The Bertz CT molecular complexity index is 1050. The van der Waals surface area contributed by atoms with Crippen molar-refractivity contribution in [3.63, 3.8) is 0 Å². The van der Waals surface area contributed by atoms with Crippen molar-refractivity contribution in [2.45, 2.75) is 57.5 Å². The number of piperazine rings is 1. The van der Waals surface area contributed by atoms with Gasteiger partial charge in [-0.1, -0.05) is 11.6 Å². The highest BCUT2D eigenvalue weighted by Crippen LogP contribution is 2.53. The topological polar surface area (TPSA) is 102 Å². The van der Waals surface area contributed by atoms with Gasteiger partial charge in [0.25, 0.3) is 0 Å². The SMILES string of the molecule is C[C@H]1C(=O)N(CCCC(=O)N2CCC3(CC3)[C@H](O)C2)CCN1C(=O)Nc1ccc(OC(F)(F)F)c(Cl)c1. The smallest absolute Gasteiger partial charge is 0.404 e. The average Bonchev–Trinajstić information content (AvgIpc) is 3.60. The van der Waals surface area contributed by atoms with Gasteiger partial charge in [0.05, 0.1) is 11.1 Å². The minimum atomic E-state index is -4.90. The van der Waals surface area contributed by atoms with Crippen molar-refractivity contribution in [2.24, 2.45) is 5.41 Å². The van der Waals surface area contributed by atoms with Gasteiger partial charge in [0.1, 0.15) is 11.8 Å². The summed E-state index contributed by atoms with van der Waals surface area (Å²) in [7, 11) is 0. The fourth-order valence-electron chi connectivity index (χ4n) is 4.98. The Morgan fingerprint density at radius 2 is 1.95 bits per heavy atom. The van der Waals surface area contributed by atoms with Crippen molar-refractivity contribution in [3.05, 3.63) is 23.2 Å². The number of alkyl halides is 3. The maximum atomic E-state index is 12.9. The van der Waals surface area contributed by atoms with Gasteiger partial charge in [-0.2, -0.15) is 0 Å². The van der Waals surface area contributed by atoms with E-state index < -0.39 is 30.3 Å². The van der Waals surface area contributed by atoms with Crippen molar-refractivity contribution in [2.75, 3.05) is 38.0 Å². The standard InChI is InChI=1S/C24H30ClF3N4O5/c1-15-21(35)30(9-2-3-20(34)31-10-8-23(6-7-23)19(33)14-31)11-12-32(15)22(36)29-16-4-5-18(17(25)13-16)37-24(26,27)28/h4-5,13,15,19,33H,2-3,6-12,14H2,1H3,(H,29,36)/t15-,19+/m0/s1. The largest absolute Gasteiger partial charge is 0.573 e. The maximum Gasteiger partial charge on any atom is 0.573 e. The van der Waals surface area contributed by atoms with Gasteiger partial charge in [-0.05, 0) is 56.2 Å². The molecule has 204 valence electrons. The number of aliphatic hydroxyl groups is 1. The average molecular weight is 547 g/mol. The van der Waals surface area contributed by atoms with Crippen LogP contribution in [0.5, 0.6) is 5.75 Å². The molecule has 3 fully saturated rings. The van der Waals surface area contributed by atoms with Gasteiger partial charge in [-0.25, -0.2) is 4.79 Å². The Kier molecular flexibility index (Phi) is 7.80. The molecule has 2 N–H and O–H groups in total. The molecule has 1 aromatic rings. The molecular formula is C24H30ClF3N4O5. The highest BCUT2D eigenvalue weighted by molar-refractivity contribution is 6.32. The number of rotatable bonds is 6. The second-order valence-electron chi connectivity index (χ2n) is 9.89. The number of anilines is 1. The van der Waals surface area contributed by atoms with E-state index in [1.54, 1.807) is 16.7 Å². The van der Waals surface area contributed by atoms with Crippen LogP contribution >= 0.6 is 11.6 Å². The number of carbonyl (C=O) groups excluding carboxylic acids is 3. The number of carbonyl (C=O) groups is 3. The molecule has 0 radical (unpaired) electrons. The van der Waals surface area contributed by atoms with Gasteiger partial charge >= 0.3 is 12.4 Å². The summed E-state index contributed by atoms with van der Waals surface area (Å²) in [6.07, 6.45) is -1.73. The third-order valence-corrected chi connectivity index (χ3v) is 7.76. The molecule has 1 aromatic carbocycles. The fraction of sp³-hybridized carbons (Fsp3) is 0.625. The van der Waals surface area contributed by atoms with E-state index in [4.69, 9.17) is 11.6 Å². The second kappa shape index (κ2) is 10.6. The molecule has 13 heteroatoms. The molecule has 0 unspecified atom stereocenters. The number of nitrogens with one attached hydrogen (secondary N) is 1. The van der Waals surface area contributed by atoms with Crippen LogP contribution < -0.4 is 10.1 Å². The highest BCUT2D eigenvalue weighted by Gasteiger charge is 2.51. The monoisotopic (exact) mass is 546 g/mol. The number of likely N-dealkylation sites (tertiary alicyclic amines) is 1. The normalized spacial score (nSPS) is 23.3. The zero-order chi connectivity index (χ0) is 27.0. The van der Waals surface area contributed by atoms with Crippen LogP contribution in [0, 0.1) is 5.41 Å². The Hall–Kier alpha value is -2.73. The summed E-state index contributed by atoms with van der Waals surface area (Å²) < 4.78 is 41.0. The van der Waals surface area contributed by atoms with Crippen LogP contribution in [0.25, 0.3) is 0 Å². The number of amides is 4. The summed E-state index contributed by atoms with van der Waals surface area (Å²) in [4.78, 5) is 42.8. The third-order valence-electron chi connectivity index (χ3n) is 7.46. The highest BCUT2D eigenvalue weighted by atomic mass is 35.5. The lowest BCUT2D eigenvalue weighted by Gasteiger charge is -2.39. The number of aliphatic hydroxyl groups excluding tert-OH is 1. The summed E-state index contributed by atoms with van der Waals surface area (Å²) in [5.74, 6) is -0.880. The van der Waals surface area contributed by atoms with E-state index in [1.807, 2.05) is 0 Å². The maximum absolute atomic E-state index is 12.9. The van der Waals surface area contributed by atoms with Gasteiger partial charge < -0.3 is 29.9 Å². The summed E-state index contributed by atoms with van der Waals surface area (Å²) in [6.45, 7) is 3.52. The summed E-state index contributed by atoms with van der Waals surface area (Å²) >= 11 is 5.83. The van der Waals surface area contributed by atoms with Gasteiger partial charge in [-0.15, -0.1) is 13.2 Å². The quantitative estimate of drug-likeness (QED) is 0.569. The molecule has 1 saturated carbocycles. The molecule has 4 amide bonds. The summed E-state index contributed by atoms with van der Waals surface area (Å²) in [5.41, 5.74) is 0.184. The van der Waals surface area contributed by atoms with Crippen LogP contribution in [-0.4, -0.2) is 88.9 Å². The molecular weight excluding hydrogens is 517 g/mol. The van der Waals surface area contributed by atoms with E-state index in [1.165, 1.54) is 11.0 Å². The predicted molar refractivity (Wildman–Crippen MR) is 128 cm³/mol. The van der Waals surface area contributed by atoms with Crippen LogP contribution in [-0.2, 0) is 9.59 Å². The Balaban J connectivity index is 1.23. The second-order valence-corrected chi connectivity index (χ2v) is 10.3. The number of ether oxygens (including phenoxy) is 1. The molecule has 4 rings (SSSR count). The molecule has 2 aliphatic heterocycles. The number of β-amino-alcohol motifs (C(OH)–C–C–N with tert-alkyl or cyclic N) is 1. The lowest BCUT2D eigenvalue weighted by atomic mass is 9.90. The van der Waals surface area contributed by atoms with Crippen LogP contribution in [0.2, 0.25) is 5.02 Å². The molecule has 2 atom stereocenters. The first-order chi connectivity index (χ1) is 17.4. The molecule has 9 nitrogen and oxygen atoms in total. The molecule has 1 spiro atoms. The van der Waals surface area contributed by atoms with Crippen LogP contribution in [0.1, 0.15) is 39.0 Å². The molecule has 2 saturated heterocycles. The molecule has 3 aliphatic rings. The molecule has 37 heavy (non-hydrogen) atoms. The number of halogens is 4. The third kappa shape index (κ3) is 6.40. The van der Waals surface area contributed by atoms with E-state index in [0.717, 1.165) is 31.4 Å².